The second-order valence-corrected chi connectivity index (χ2v) is 6.89. The van der Waals surface area contributed by atoms with Crippen LogP contribution in [0.1, 0.15) is 16.7 Å². The van der Waals surface area contributed by atoms with Crippen molar-refractivity contribution in [1.82, 2.24) is 0 Å². The number of benzene rings is 3. The topological polar surface area (TPSA) is 27.7 Å². The molecule has 0 atom stereocenters. The number of halogens is 2. The molecule has 0 bridgehead atoms. The normalized spacial score (nSPS) is 10.4. The molecular weight excluding hydrogens is 395 g/mol. The number of hydrogen-bond acceptors (Lipinski definition) is 3. The van der Waals surface area contributed by atoms with E-state index in [4.69, 9.17) is 37.4 Å². The first-order valence-electron chi connectivity index (χ1n) is 8.67. The van der Waals surface area contributed by atoms with Gasteiger partial charge in [0.05, 0.1) is 7.11 Å². The minimum Gasteiger partial charge on any atom is -0.497 e. The number of hydrogen-bond donors (Lipinski definition) is 0. The molecule has 0 radical (unpaired) electrons. The number of rotatable bonds is 8. The fourth-order valence-electron chi connectivity index (χ4n) is 2.57. The molecule has 0 N–H and O–H groups in total. The van der Waals surface area contributed by atoms with Gasteiger partial charge in [-0.1, -0.05) is 66.2 Å². The average molecular weight is 415 g/mol. The van der Waals surface area contributed by atoms with Gasteiger partial charge in [0, 0.05) is 32.8 Å². The zero-order valence-electron chi connectivity index (χ0n) is 15.5. The van der Waals surface area contributed by atoms with E-state index in [1.807, 2.05) is 66.7 Å². The second-order valence-electron chi connectivity index (χ2n) is 6.08. The first-order valence-corrected chi connectivity index (χ1v) is 9.43. The molecule has 0 aromatic heterocycles. The van der Waals surface area contributed by atoms with Crippen LogP contribution in [0, 0.1) is 0 Å². The van der Waals surface area contributed by atoms with Gasteiger partial charge in [-0.05, 0) is 24.3 Å². The van der Waals surface area contributed by atoms with Crippen LogP contribution in [0.5, 0.6) is 11.5 Å². The van der Waals surface area contributed by atoms with Gasteiger partial charge in [0.15, 0.2) is 0 Å². The third-order valence-electron chi connectivity index (χ3n) is 4.15. The summed E-state index contributed by atoms with van der Waals surface area (Å²) in [4.78, 5) is 0. The van der Waals surface area contributed by atoms with Crippen molar-refractivity contribution < 1.29 is 14.2 Å². The van der Waals surface area contributed by atoms with E-state index in [9.17, 15) is 0 Å². The van der Waals surface area contributed by atoms with Crippen molar-refractivity contribution in [3.05, 3.63) is 100 Å². The predicted molar refractivity (Wildman–Crippen MR) is 114 cm³/mol. The number of methoxy groups -OCH3 is 1. The lowest BCUT2D eigenvalue weighted by Crippen LogP contribution is -2.00. The Balaban J connectivity index is 1.79. The molecule has 3 aromatic carbocycles. The molecule has 144 valence electrons. The fourth-order valence-corrected chi connectivity index (χ4v) is 2.95. The Morgan fingerprint density at radius 3 is 1.68 bits per heavy atom. The van der Waals surface area contributed by atoms with Crippen LogP contribution in [-0.4, -0.2) is 7.11 Å². The zero-order chi connectivity index (χ0) is 19.9. The van der Waals surface area contributed by atoms with Gasteiger partial charge >= 0.3 is 0 Å². The van der Waals surface area contributed by atoms with Crippen LogP contribution in [0.4, 0.5) is 0 Å². The van der Waals surface area contributed by atoms with Gasteiger partial charge < -0.3 is 14.2 Å². The summed E-state index contributed by atoms with van der Waals surface area (Å²) in [6, 6.07) is 20.7. The molecule has 28 heavy (non-hydrogen) atoms. The minimum absolute atomic E-state index is 0.340. The lowest BCUT2D eigenvalue weighted by atomic mass is 10.1. The largest absolute Gasteiger partial charge is 0.497 e. The average Bonchev–Trinajstić information content (AvgIpc) is 2.72. The Hall–Kier alpha value is -2.62. The Labute approximate surface area is 175 Å². The highest BCUT2D eigenvalue weighted by molar-refractivity contribution is 6.31. The van der Waals surface area contributed by atoms with Crippen molar-refractivity contribution in [2.75, 3.05) is 7.11 Å². The molecule has 0 amide bonds. The molecule has 5 heteroatoms. The van der Waals surface area contributed by atoms with Crippen molar-refractivity contribution in [1.29, 1.82) is 0 Å². The Kier molecular flexibility index (Phi) is 6.85. The van der Waals surface area contributed by atoms with Gasteiger partial charge in [0.1, 0.15) is 30.5 Å². The van der Waals surface area contributed by atoms with Gasteiger partial charge in [0.2, 0.25) is 0 Å². The summed E-state index contributed by atoms with van der Waals surface area (Å²) in [6.07, 6.45) is 0. The van der Waals surface area contributed by atoms with Crippen LogP contribution in [0.15, 0.2) is 73.3 Å². The molecule has 3 rings (SSSR count). The van der Waals surface area contributed by atoms with Gasteiger partial charge in [0.25, 0.3) is 0 Å². The minimum atomic E-state index is 0.340. The molecule has 0 fully saturated rings. The molecule has 0 heterocycles. The van der Waals surface area contributed by atoms with E-state index in [1.165, 1.54) is 0 Å². The zero-order valence-corrected chi connectivity index (χ0v) is 17.0. The van der Waals surface area contributed by atoms with Crippen LogP contribution in [0.25, 0.3) is 5.76 Å². The van der Waals surface area contributed by atoms with E-state index in [0.29, 0.717) is 40.5 Å². The SMILES string of the molecule is C=C(OC)c1cc(OCc2ccccc2Cl)cc(OCc2ccccc2Cl)c1. The summed E-state index contributed by atoms with van der Waals surface area (Å²) >= 11 is 12.4. The van der Waals surface area contributed by atoms with Crippen molar-refractivity contribution in [2.24, 2.45) is 0 Å². The number of ether oxygens (including phenoxy) is 3. The summed E-state index contributed by atoms with van der Waals surface area (Å²) in [5, 5.41) is 1.32. The summed E-state index contributed by atoms with van der Waals surface area (Å²) in [5.41, 5.74) is 2.57. The van der Waals surface area contributed by atoms with Crippen LogP contribution in [0.2, 0.25) is 10.0 Å². The first kappa shape index (κ1) is 20.1. The van der Waals surface area contributed by atoms with E-state index < -0.39 is 0 Å². The van der Waals surface area contributed by atoms with Gasteiger partial charge in [-0.25, -0.2) is 0 Å². The van der Waals surface area contributed by atoms with Crippen LogP contribution in [0.3, 0.4) is 0 Å². The monoisotopic (exact) mass is 414 g/mol. The Bertz CT molecular complexity index is 902. The maximum Gasteiger partial charge on any atom is 0.124 e. The lowest BCUT2D eigenvalue weighted by molar-refractivity contribution is 0.289. The Morgan fingerprint density at radius 2 is 1.25 bits per heavy atom. The quantitative estimate of drug-likeness (QED) is 0.380. The third kappa shape index (κ3) is 5.22. The summed E-state index contributed by atoms with van der Waals surface area (Å²) in [7, 11) is 1.57. The summed E-state index contributed by atoms with van der Waals surface area (Å²) < 4.78 is 17.1. The smallest absolute Gasteiger partial charge is 0.124 e. The van der Waals surface area contributed by atoms with Crippen molar-refractivity contribution in [3.8, 4) is 11.5 Å². The van der Waals surface area contributed by atoms with E-state index in [1.54, 1.807) is 7.11 Å². The second kappa shape index (κ2) is 9.54. The predicted octanol–water partition coefficient (Wildman–Crippen LogP) is 6.77. The van der Waals surface area contributed by atoms with Crippen LogP contribution in [-0.2, 0) is 18.0 Å². The van der Waals surface area contributed by atoms with Crippen LogP contribution >= 0.6 is 23.2 Å². The molecule has 0 unspecified atom stereocenters. The molecule has 3 nitrogen and oxygen atoms in total. The van der Waals surface area contributed by atoms with Gasteiger partial charge in [-0.15, -0.1) is 0 Å². The van der Waals surface area contributed by atoms with Crippen molar-refractivity contribution >= 4 is 29.0 Å². The standard InChI is InChI=1S/C23H20Cl2O3/c1-16(26-2)19-11-20(27-14-17-7-3-5-9-22(17)24)13-21(12-19)28-15-18-8-4-6-10-23(18)25/h3-13H,1,14-15H2,2H3. The molecule has 0 aliphatic rings. The van der Waals surface area contributed by atoms with Crippen molar-refractivity contribution in [3.63, 3.8) is 0 Å². The fraction of sp³-hybridized carbons (Fsp3) is 0.130. The van der Waals surface area contributed by atoms with Gasteiger partial charge in [-0.3, -0.25) is 0 Å². The molecule has 0 spiro atoms. The molecule has 0 saturated heterocycles. The first-order chi connectivity index (χ1) is 13.6. The maximum absolute atomic E-state index is 6.21. The van der Waals surface area contributed by atoms with Gasteiger partial charge in [-0.2, -0.15) is 0 Å². The third-order valence-corrected chi connectivity index (χ3v) is 4.89. The maximum atomic E-state index is 6.21. The molecule has 0 aliphatic carbocycles. The highest BCUT2D eigenvalue weighted by Crippen LogP contribution is 2.29. The molecule has 0 aliphatic heterocycles. The van der Waals surface area contributed by atoms with Crippen molar-refractivity contribution in [2.45, 2.75) is 13.2 Å². The Morgan fingerprint density at radius 1 is 0.786 bits per heavy atom. The molecule has 0 saturated carbocycles. The summed E-state index contributed by atoms with van der Waals surface area (Å²) in [5.74, 6) is 1.78. The lowest BCUT2D eigenvalue weighted by Gasteiger charge is -2.14. The van der Waals surface area contributed by atoms with Crippen LogP contribution < -0.4 is 9.47 Å². The van der Waals surface area contributed by atoms with E-state index in [2.05, 4.69) is 6.58 Å². The highest BCUT2D eigenvalue weighted by Gasteiger charge is 2.09. The van der Waals surface area contributed by atoms with E-state index in [-0.39, 0.29) is 0 Å². The molecular formula is C23H20Cl2O3. The molecule has 3 aromatic rings. The van der Waals surface area contributed by atoms with E-state index in [0.717, 1.165) is 16.7 Å². The van der Waals surface area contributed by atoms with E-state index >= 15 is 0 Å². The highest BCUT2D eigenvalue weighted by atomic mass is 35.5. The summed E-state index contributed by atoms with van der Waals surface area (Å²) in [6.45, 7) is 4.59.